The Labute approximate surface area is 98.7 Å². The van der Waals surface area contributed by atoms with Gasteiger partial charge in [-0.05, 0) is 17.2 Å². The Morgan fingerprint density at radius 3 is 3.25 bits per heavy atom. The molecular weight excluding hydrogens is 229 g/mol. The van der Waals surface area contributed by atoms with Crippen molar-refractivity contribution in [1.29, 1.82) is 0 Å². The third-order valence-electron chi connectivity index (χ3n) is 3.67. The summed E-state index contributed by atoms with van der Waals surface area (Å²) in [7, 11) is 0. The van der Waals surface area contributed by atoms with E-state index in [2.05, 4.69) is 5.32 Å². The van der Waals surface area contributed by atoms with Crippen LogP contribution in [-0.2, 0) is 11.3 Å². The molecule has 1 aromatic carbocycles. The molecule has 0 amide bonds. The molecule has 2 aliphatic heterocycles. The minimum Gasteiger partial charge on any atom is -0.365 e. The van der Waals surface area contributed by atoms with Crippen LogP contribution in [0, 0.1) is 0 Å². The van der Waals surface area contributed by atoms with Gasteiger partial charge >= 0.3 is 0 Å². The number of hydrogen-bond donors (Lipinski definition) is 1. The predicted molar refractivity (Wildman–Crippen MR) is 60.6 cm³/mol. The average molecular weight is 242 g/mol. The first-order valence-electron chi connectivity index (χ1n) is 5.45. The van der Waals surface area contributed by atoms with Crippen LogP contribution in [0.4, 0.5) is 4.39 Å². The van der Waals surface area contributed by atoms with Gasteiger partial charge in [0.1, 0.15) is 12.3 Å². The van der Waals surface area contributed by atoms with E-state index in [0.717, 1.165) is 22.7 Å². The highest BCUT2D eigenvalue weighted by molar-refractivity contribution is 6.31. The lowest BCUT2D eigenvalue weighted by atomic mass is 9.81. The molecule has 1 saturated heterocycles. The Morgan fingerprint density at radius 1 is 1.56 bits per heavy atom. The highest BCUT2D eigenvalue weighted by Crippen LogP contribution is 2.43. The van der Waals surface area contributed by atoms with Gasteiger partial charge in [-0.1, -0.05) is 23.7 Å². The van der Waals surface area contributed by atoms with Crippen LogP contribution in [0.3, 0.4) is 0 Å². The van der Waals surface area contributed by atoms with Crippen molar-refractivity contribution in [2.75, 3.05) is 19.8 Å². The Hall–Kier alpha value is -0.640. The maximum atomic E-state index is 13.2. The Kier molecular flexibility index (Phi) is 2.42. The van der Waals surface area contributed by atoms with E-state index in [-0.39, 0.29) is 5.92 Å². The van der Waals surface area contributed by atoms with Crippen LogP contribution in [0.15, 0.2) is 18.2 Å². The van der Waals surface area contributed by atoms with Crippen LogP contribution in [0.5, 0.6) is 0 Å². The zero-order valence-electron chi connectivity index (χ0n) is 8.80. The summed E-state index contributed by atoms with van der Waals surface area (Å²) < 4.78 is 18.9. The molecule has 3 rings (SSSR count). The second kappa shape index (κ2) is 3.69. The second-order valence-corrected chi connectivity index (χ2v) is 4.89. The van der Waals surface area contributed by atoms with E-state index < -0.39 is 12.3 Å². The fraction of sp³-hybridized carbons (Fsp3) is 0.500. The summed E-state index contributed by atoms with van der Waals surface area (Å²) >= 11 is 6.13. The molecule has 2 atom stereocenters. The number of rotatable bonds is 1. The molecule has 0 saturated carbocycles. The van der Waals surface area contributed by atoms with Gasteiger partial charge in [0.05, 0.1) is 6.61 Å². The zero-order valence-corrected chi connectivity index (χ0v) is 9.56. The molecule has 0 spiro atoms. The van der Waals surface area contributed by atoms with Crippen LogP contribution >= 0.6 is 11.6 Å². The van der Waals surface area contributed by atoms with Crippen molar-refractivity contribution in [2.45, 2.75) is 18.1 Å². The predicted octanol–water partition coefficient (Wildman–Crippen LogP) is 2.27. The maximum absolute atomic E-state index is 13.2. The summed E-state index contributed by atoms with van der Waals surface area (Å²) in [5.41, 5.74) is 1.49. The normalized spacial score (nSPS) is 32.2. The van der Waals surface area contributed by atoms with Crippen molar-refractivity contribution < 1.29 is 9.13 Å². The number of fused-ring (bicyclic) bond motifs is 3. The van der Waals surface area contributed by atoms with E-state index in [4.69, 9.17) is 16.3 Å². The molecule has 1 N–H and O–H groups in total. The molecule has 2 heterocycles. The number of benzene rings is 1. The van der Waals surface area contributed by atoms with Gasteiger partial charge in [-0.3, -0.25) is 0 Å². The van der Waals surface area contributed by atoms with Crippen molar-refractivity contribution in [1.82, 2.24) is 5.32 Å². The molecule has 4 heteroatoms. The molecular formula is C12H13ClFNO. The van der Waals surface area contributed by atoms with Gasteiger partial charge in [0.25, 0.3) is 0 Å². The molecule has 0 aromatic heterocycles. The average Bonchev–Trinajstić information content (AvgIpc) is 2.74. The molecule has 1 fully saturated rings. The number of alkyl halides is 1. The van der Waals surface area contributed by atoms with Crippen molar-refractivity contribution in [3.8, 4) is 0 Å². The van der Waals surface area contributed by atoms with Crippen molar-refractivity contribution in [3.63, 3.8) is 0 Å². The third-order valence-corrected chi connectivity index (χ3v) is 4.02. The van der Waals surface area contributed by atoms with Crippen LogP contribution in [0.1, 0.15) is 17.0 Å². The van der Waals surface area contributed by atoms with Crippen molar-refractivity contribution >= 4 is 11.6 Å². The SMILES string of the molecule is FC[C@]12CNCC1c1cccc(Cl)c1CO2. The lowest BCUT2D eigenvalue weighted by molar-refractivity contribution is -0.0789. The minimum absolute atomic E-state index is 0.0833. The molecule has 0 bridgehead atoms. The quantitative estimate of drug-likeness (QED) is 0.815. The molecule has 86 valence electrons. The fourth-order valence-corrected chi connectivity index (χ4v) is 2.97. The van der Waals surface area contributed by atoms with Crippen LogP contribution in [0.2, 0.25) is 5.02 Å². The van der Waals surface area contributed by atoms with E-state index in [1.807, 2.05) is 18.2 Å². The van der Waals surface area contributed by atoms with Crippen molar-refractivity contribution in [2.24, 2.45) is 0 Å². The fourth-order valence-electron chi connectivity index (χ4n) is 2.73. The summed E-state index contributed by atoms with van der Waals surface area (Å²) in [4.78, 5) is 0. The van der Waals surface area contributed by atoms with Crippen molar-refractivity contribution in [3.05, 3.63) is 34.3 Å². The summed E-state index contributed by atoms with van der Waals surface area (Å²) in [6.45, 7) is 1.31. The first-order valence-corrected chi connectivity index (χ1v) is 5.82. The molecule has 2 aliphatic rings. The van der Waals surface area contributed by atoms with E-state index in [9.17, 15) is 4.39 Å². The zero-order chi connectivity index (χ0) is 11.2. The number of ether oxygens (including phenoxy) is 1. The summed E-state index contributed by atoms with van der Waals surface area (Å²) in [6, 6.07) is 5.81. The summed E-state index contributed by atoms with van der Waals surface area (Å²) in [5, 5.41) is 3.93. The highest BCUT2D eigenvalue weighted by atomic mass is 35.5. The molecule has 1 unspecified atom stereocenters. The monoisotopic (exact) mass is 241 g/mol. The van der Waals surface area contributed by atoms with Gasteiger partial charge in [-0.2, -0.15) is 0 Å². The topological polar surface area (TPSA) is 21.3 Å². The molecule has 0 aliphatic carbocycles. The summed E-state index contributed by atoms with van der Waals surface area (Å²) in [5.74, 6) is 0.0833. The largest absolute Gasteiger partial charge is 0.365 e. The van der Waals surface area contributed by atoms with Gasteiger partial charge in [-0.25, -0.2) is 4.39 Å². The number of halogens is 2. The number of hydrogen-bond acceptors (Lipinski definition) is 2. The lowest BCUT2D eigenvalue weighted by Crippen LogP contribution is -2.45. The molecule has 1 aromatic rings. The van der Waals surface area contributed by atoms with E-state index in [1.54, 1.807) is 0 Å². The van der Waals surface area contributed by atoms with Gasteiger partial charge < -0.3 is 10.1 Å². The Morgan fingerprint density at radius 2 is 2.44 bits per heavy atom. The standard InChI is InChI=1S/C12H13ClFNO/c13-11-3-1-2-8-9(11)5-16-12(6-14)7-15-4-10(8)12/h1-3,10,15H,4-7H2/t10?,12-/m0/s1. The van der Waals surface area contributed by atoms with Gasteiger partial charge in [0, 0.05) is 24.0 Å². The summed E-state index contributed by atoms with van der Waals surface area (Å²) in [6.07, 6.45) is 0. The molecule has 16 heavy (non-hydrogen) atoms. The first kappa shape index (κ1) is 10.5. The van der Waals surface area contributed by atoms with Crippen LogP contribution in [0.25, 0.3) is 0 Å². The smallest absolute Gasteiger partial charge is 0.120 e. The first-order chi connectivity index (χ1) is 7.77. The Balaban J connectivity index is 2.10. The van der Waals surface area contributed by atoms with E-state index in [1.165, 1.54) is 0 Å². The minimum atomic E-state index is -0.669. The maximum Gasteiger partial charge on any atom is 0.120 e. The van der Waals surface area contributed by atoms with Gasteiger partial charge in [0.15, 0.2) is 0 Å². The number of nitrogens with one attached hydrogen (secondary N) is 1. The molecule has 0 radical (unpaired) electrons. The Bertz CT molecular complexity index is 425. The van der Waals surface area contributed by atoms with Crippen LogP contribution in [-0.4, -0.2) is 25.4 Å². The molecule has 2 nitrogen and oxygen atoms in total. The van der Waals surface area contributed by atoms with Gasteiger partial charge in [-0.15, -0.1) is 0 Å². The van der Waals surface area contributed by atoms with E-state index in [0.29, 0.717) is 13.2 Å². The van der Waals surface area contributed by atoms with Gasteiger partial charge in [0.2, 0.25) is 0 Å². The van der Waals surface area contributed by atoms with E-state index >= 15 is 0 Å². The highest BCUT2D eigenvalue weighted by Gasteiger charge is 2.48. The van der Waals surface area contributed by atoms with Crippen LogP contribution < -0.4 is 5.32 Å². The second-order valence-electron chi connectivity index (χ2n) is 4.48. The third kappa shape index (κ3) is 1.32. The lowest BCUT2D eigenvalue weighted by Gasteiger charge is -2.38.